The number of nitrogens with zero attached hydrogens (tertiary/aromatic N) is 2. The number of amides is 1. The normalized spacial score (nSPS) is 10.2. The van der Waals surface area contributed by atoms with Crippen molar-refractivity contribution in [2.24, 2.45) is 5.73 Å². The predicted octanol–water partition coefficient (Wildman–Crippen LogP) is 1.92. The van der Waals surface area contributed by atoms with Gasteiger partial charge in [-0.3, -0.25) is 9.78 Å². The second-order valence-electron chi connectivity index (χ2n) is 4.39. The summed E-state index contributed by atoms with van der Waals surface area (Å²) in [4.78, 5) is 17.2. The van der Waals surface area contributed by atoms with Crippen molar-refractivity contribution < 1.29 is 4.79 Å². The molecule has 0 saturated heterocycles. The summed E-state index contributed by atoms with van der Waals surface area (Å²) in [7, 11) is 0. The minimum atomic E-state index is -0.385. The maximum absolute atomic E-state index is 11.3. The van der Waals surface area contributed by atoms with Crippen molar-refractivity contribution >= 4 is 33.2 Å². The van der Waals surface area contributed by atoms with Crippen molar-refractivity contribution in [3.8, 4) is 0 Å². The lowest BCUT2D eigenvalue weighted by molar-refractivity contribution is -0.116. The first-order chi connectivity index (χ1) is 9.56. The quantitative estimate of drug-likeness (QED) is 0.818. The predicted molar refractivity (Wildman–Crippen MR) is 83.0 cm³/mol. The zero-order chi connectivity index (χ0) is 14.5. The summed E-state index contributed by atoms with van der Waals surface area (Å²) in [5, 5.41) is 0. The first-order valence-electron chi connectivity index (χ1n) is 6.03. The summed E-state index contributed by atoms with van der Waals surface area (Å²) >= 11 is 3.44. The van der Waals surface area contributed by atoms with Crippen molar-refractivity contribution in [1.82, 2.24) is 4.98 Å². The van der Waals surface area contributed by atoms with Gasteiger partial charge in [-0.15, -0.1) is 0 Å². The zero-order valence-electron chi connectivity index (χ0n) is 10.8. The number of pyridine rings is 1. The molecule has 6 heteroatoms. The fraction of sp³-hybridized carbons (Fsp3) is 0.143. The number of primary amides is 1. The molecule has 20 heavy (non-hydrogen) atoms. The van der Waals surface area contributed by atoms with E-state index in [0.29, 0.717) is 12.2 Å². The number of anilines is 2. The van der Waals surface area contributed by atoms with Crippen LogP contribution in [-0.4, -0.2) is 17.4 Å². The van der Waals surface area contributed by atoms with Crippen LogP contribution in [0.4, 0.5) is 11.4 Å². The Balaban J connectivity index is 2.26. The molecule has 0 spiro atoms. The maximum atomic E-state index is 11.3. The van der Waals surface area contributed by atoms with Crippen LogP contribution >= 0.6 is 15.9 Å². The molecule has 5 nitrogen and oxygen atoms in total. The molecule has 104 valence electrons. The Morgan fingerprint density at radius 1 is 1.25 bits per heavy atom. The first-order valence-corrected chi connectivity index (χ1v) is 6.83. The van der Waals surface area contributed by atoms with Crippen molar-refractivity contribution in [2.45, 2.75) is 6.54 Å². The SMILES string of the molecule is NC(=O)CN(Cc1ccc(N)cc1)c1ccncc1Br. The lowest BCUT2D eigenvalue weighted by Gasteiger charge is -2.24. The molecule has 0 radical (unpaired) electrons. The molecule has 0 atom stereocenters. The smallest absolute Gasteiger partial charge is 0.236 e. The number of halogens is 1. The van der Waals surface area contributed by atoms with E-state index >= 15 is 0 Å². The standard InChI is InChI=1S/C14H15BrN4O/c15-12-7-18-6-5-13(12)19(9-14(17)20)8-10-1-3-11(16)4-2-10/h1-7H,8-9,16H2,(H2,17,20). The van der Waals surface area contributed by atoms with Gasteiger partial charge in [-0.2, -0.15) is 0 Å². The van der Waals surface area contributed by atoms with Gasteiger partial charge < -0.3 is 16.4 Å². The summed E-state index contributed by atoms with van der Waals surface area (Å²) in [6.45, 7) is 0.693. The Morgan fingerprint density at radius 3 is 2.55 bits per heavy atom. The highest BCUT2D eigenvalue weighted by Gasteiger charge is 2.13. The highest BCUT2D eigenvalue weighted by atomic mass is 79.9. The molecule has 2 aromatic rings. The number of carbonyl (C=O) groups is 1. The molecule has 1 aromatic carbocycles. The van der Waals surface area contributed by atoms with E-state index in [-0.39, 0.29) is 12.5 Å². The Hall–Kier alpha value is -2.08. The molecule has 0 aliphatic carbocycles. The van der Waals surface area contributed by atoms with Crippen LogP contribution in [0.25, 0.3) is 0 Å². The molecule has 0 unspecified atom stereocenters. The molecule has 1 aromatic heterocycles. The van der Waals surface area contributed by atoms with E-state index in [4.69, 9.17) is 11.5 Å². The minimum absolute atomic E-state index is 0.132. The maximum Gasteiger partial charge on any atom is 0.236 e. The van der Waals surface area contributed by atoms with Crippen LogP contribution in [-0.2, 0) is 11.3 Å². The average molecular weight is 335 g/mol. The molecular formula is C14H15BrN4O. The van der Waals surface area contributed by atoms with Crippen LogP contribution in [0.1, 0.15) is 5.56 Å². The molecule has 0 saturated carbocycles. The van der Waals surface area contributed by atoms with Gasteiger partial charge in [0, 0.05) is 24.6 Å². The van der Waals surface area contributed by atoms with Gasteiger partial charge in [-0.05, 0) is 39.7 Å². The molecule has 1 heterocycles. The second kappa shape index (κ2) is 6.38. The van der Waals surface area contributed by atoms with Crippen molar-refractivity contribution in [2.75, 3.05) is 17.2 Å². The summed E-state index contributed by atoms with van der Waals surface area (Å²) in [6.07, 6.45) is 3.36. The fourth-order valence-electron chi connectivity index (χ4n) is 1.88. The number of aromatic nitrogens is 1. The van der Waals surface area contributed by atoms with Gasteiger partial charge in [0.25, 0.3) is 0 Å². The summed E-state index contributed by atoms with van der Waals surface area (Å²) in [5.74, 6) is -0.385. The number of carbonyl (C=O) groups excluding carboxylic acids is 1. The molecule has 1 amide bonds. The molecule has 0 fully saturated rings. The topological polar surface area (TPSA) is 85.2 Å². The molecule has 4 N–H and O–H groups in total. The van der Waals surface area contributed by atoms with E-state index in [1.165, 1.54) is 0 Å². The largest absolute Gasteiger partial charge is 0.399 e. The van der Waals surface area contributed by atoms with Crippen LogP contribution < -0.4 is 16.4 Å². The van der Waals surface area contributed by atoms with Crippen LogP contribution in [0.5, 0.6) is 0 Å². The van der Waals surface area contributed by atoms with Gasteiger partial charge in [0.2, 0.25) is 5.91 Å². The van der Waals surface area contributed by atoms with E-state index < -0.39 is 0 Å². The third-order valence-electron chi connectivity index (χ3n) is 2.79. The van der Waals surface area contributed by atoms with Gasteiger partial charge >= 0.3 is 0 Å². The minimum Gasteiger partial charge on any atom is -0.399 e. The van der Waals surface area contributed by atoms with Gasteiger partial charge in [-0.1, -0.05) is 12.1 Å². The van der Waals surface area contributed by atoms with E-state index in [9.17, 15) is 4.79 Å². The third-order valence-corrected chi connectivity index (χ3v) is 3.40. The molecule has 0 aliphatic heterocycles. The van der Waals surface area contributed by atoms with Crippen molar-refractivity contribution in [3.63, 3.8) is 0 Å². The summed E-state index contributed by atoms with van der Waals surface area (Å²) in [6, 6.07) is 9.36. The monoisotopic (exact) mass is 334 g/mol. The lowest BCUT2D eigenvalue weighted by atomic mass is 10.2. The number of hydrogen-bond donors (Lipinski definition) is 2. The number of nitrogens with two attached hydrogens (primary N) is 2. The van der Waals surface area contributed by atoms with Gasteiger partial charge in [0.15, 0.2) is 0 Å². The number of hydrogen-bond acceptors (Lipinski definition) is 4. The van der Waals surface area contributed by atoms with Crippen LogP contribution in [0, 0.1) is 0 Å². The van der Waals surface area contributed by atoms with Crippen LogP contribution in [0.15, 0.2) is 47.2 Å². The fourth-order valence-corrected chi connectivity index (χ4v) is 2.38. The van der Waals surface area contributed by atoms with Crippen LogP contribution in [0.3, 0.4) is 0 Å². The van der Waals surface area contributed by atoms with E-state index in [1.807, 2.05) is 35.2 Å². The van der Waals surface area contributed by atoms with Crippen molar-refractivity contribution in [1.29, 1.82) is 0 Å². The third kappa shape index (κ3) is 3.71. The van der Waals surface area contributed by atoms with Gasteiger partial charge in [0.05, 0.1) is 16.7 Å². The second-order valence-corrected chi connectivity index (χ2v) is 5.25. The zero-order valence-corrected chi connectivity index (χ0v) is 12.4. The average Bonchev–Trinajstić information content (AvgIpc) is 2.41. The number of rotatable bonds is 5. The Kier molecular flexibility index (Phi) is 4.57. The van der Waals surface area contributed by atoms with E-state index in [0.717, 1.165) is 15.7 Å². The number of nitrogen functional groups attached to an aromatic ring is 1. The molecule has 0 aliphatic rings. The lowest BCUT2D eigenvalue weighted by Crippen LogP contribution is -2.33. The van der Waals surface area contributed by atoms with Crippen molar-refractivity contribution in [3.05, 3.63) is 52.8 Å². The number of benzene rings is 1. The molecule has 2 rings (SSSR count). The first kappa shape index (κ1) is 14.3. The highest BCUT2D eigenvalue weighted by molar-refractivity contribution is 9.10. The Labute approximate surface area is 125 Å². The van der Waals surface area contributed by atoms with Gasteiger partial charge in [0.1, 0.15) is 0 Å². The molecule has 0 bridgehead atoms. The summed E-state index contributed by atoms with van der Waals surface area (Å²) < 4.78 is 0.816. The highest BCUT2D eigenvalue weighted by Crippen LogP contribution is 2.26. The summed E-state index contributed by atoms with van der Waals surface area (Å²) in [5.41, 5.74) is 13.6. The Morgan fingerprint density at radius 2 is 1.95 bits per heavy atom. The van der Waals surface area contributed by atoms with E-state index in [2.05, 4.69) is 20.9 Å². The van der Waals surface area contributed by atoms with Gasteiger partial charge in [-0.25, -0.2) is 0 Å². The molecular weight excluding hydrogens is 320 g/mol. The Bertz CT molecular complexity index is 600. The van der Waals surface area contributed by atoms with E-state index in [1.54, 1.807) is 12.4 Å². The van der Waals surface area contributed by atoms with Crippen LogP contribution in [0.2, 0.25) is 0 Å².